The van der Waals surface area contributed by atoms with E-state index in [0.29, 0.717) is 5.92 Å². The first-order chi connectivity index (χ1) is 8.17. The Kier molecular flexibility index (Phi) is 7.15. The summed E-state index contributed by atoms with van der Waals surface area (Å²) in [5, 5.41) is 0. The Balaban J connectivity index is 2.23. The maximum absolute atomic E-state index is 13.6. The molecule has 17 heavy (non-hydrogen) atoms. The first-order valence-corrected chi connectivity index (χ1v) is 7.64. The fourth-order valence-corrected chi connectivity index (χ4v) is 3.35. The van der Waals surface area contributed by atoms with Gasteiger partial charge in [-0.25, -0.2) is 4.39 Å². The first kappa shape index (κ1) is 15.0. The maximum atomic E-state index is 13.6. The monoisotopic (exact) mass is 241 g/mol. The van der Waals surface area contributed by atoms with Crippen LogP contribution >= 0.6 is 0 Å². The summed E-state index contributed by atoms with van der Waals surface area (Å²) in [7, 11) is 0. The molecular formula is C16H30F. The molecule has 0 bridgehead atoms. The van der Waals surface area contributed by atoms with Crippen LogP contribution in [0.5, 0.6) is 0 Å². The van der Waals surface area contributed by atoms with Crippen LogP contribution in [0.4, 0.5) is 4.39 Å². The number of halogens is 1. The van der Waals surface area contributed by atoms with Gasteiger partial charge in [0.25, 0.3) is 0 Å². The molecule has 1 heteroatoms. The van der Waals surface area contributed by atoms with Gasteiger partial charge in [-0.15, -0.1) is 0 Å². The van der Waals surface area contributed by atoms with E-state index in [9.17, 15) is 4.39 Å². The molecule has 1 aliphatic carbocycles. The molecule has 0 N–H and O–H groups in total. The molecule has 0 amide bonds. The van der Waals surface area contributed by atoms with Gasteiger partial charge in [0, 0.05) is 0 Å². The third-order valence-electron chi connectivity index (χ3n) is 4.48. The quantitative estimate of drug-likeness (QED) is 0.546. The third-order valence-corrected chi connectivity index (χ3v) is 4.48. The molecule has 0 saturated heterocycles. The zero-order chi connectivity index (χ0) is 12.7. The van der Waals surface area contributed by atoms with Gasteiger partial charge in [0.2, 0.25) is 0 Å². The Morgan fingerprint density at radius 2 is 1.82 bits per heavy atom. The van der Waals surface area contributed by atoms with E-state index in [2.05, 4.69) is 13.8 Å². The summed E-state index contributed by atoms with van der Waals surface area (Å²) in [6.45, 7) is 6.55. The molecule has 0 aromatic rings. The highest BCUT2D eigenvalue weighted by atomic mass is 19.1. The average Bonchev–Trinajstić information content (AvgIpc) is 2.30. The first-order valence-electron chi connectivity index (χ1n) is 7.64. The highest BCUT2D eigenvalue weighted by molar-refractivity contribution is 4.81. The van der Waals surface area contributed by atoms with Crippen molar-refractivity contribution in [1.82, 2.24) is 0 Å². The van der Waals surface area contributed by atoms with Crippen LogP contribution in [0.1, 0.15) is 72.1 Å². The molecule has 1 radical (unpaired) electrons. The molecule has 0 aromatic heterocycles. The summed E-state index contributed by atoms with van der Waals surface area (Å²) < 4.78 is 13.6. The van der Waals surface area contributed by atoms with Crippen molar-refractivity contribution >= 4 is 0 Å². The number of hydrogen-bond acceptors (Lipinski definition) is 0. The minimum absolute atomic E-state index is 0.565. The SMILES string of the molecule is CC[CH]C(F)CC(C)[C@H]1CC[C@H](CCC)CC1. The van der Waals surface area contributed by atoms with E-state index in [1.54, 1.807) is 0 Å². The Morgan fingerprint density at radius 1 is 1.18 bits per heavy atom. The van der Waals surface area contributed by atoms with E-state index in [1.807, 2.05) is 13.3 Å². The topological polar surface area (TPSA) is 0 Å². The minimum atomic E-state index is -0.677. The van der Waals surface area contributed by atoms with Gasteiger partial charge in [-0.2, -0.15) is 0 Å². The van der Waals surface area contributed by atoms with Crippen LogP contribution in [-0.4, -0.2) is 6.17 Å². The Bertz CT molecular complexity index is 182. The fraction of sp³-hybridized carbons (Fsp3) is 0.938. The van der Waals surface area contributed by atoms with Crippen molar-refractivity contribution in [3.05, 3.63) is 6.42 Å². The molecule has 0 spiro atoms. The zero-order valence-corrected chi connectivity index (χ0v) is 11.9. The van der Waals surface area contributed by atoms with Gasteiger partial charge in [0.1, 0.15) is 6.17 Å². The van der Waals surface area contributed by atoms with E-state index in [4.69, 9.17) is 0 Å². The van der Waals surface area contributed by atoms with E-state index in [1.165, 1.54) is 38.5 Å². The van der Waals surface area contributed by atoms with Crippen LogP contribution in [0.15, 0.2) is 0 Å². The van der Waals surface area contributed by atoms with Gasteiger partial charge in [-0.3, -0.25) is 0 Å². The predicted molar refractivity (Wildman–Crippen MR) is 73.6 cm³/mol. The molecule has 1 saturated carbocycles. The molecule has 2 unspecified atom stereocenters. The normalized spacial score (nSPS) is 28.9. The fourth-order valence-electron chi connectivity index (χ4n) is 3.35. The molecular weight excluding hydrogens is 211 g/mol. The molecule has 2 atom stereocenters. The second-order valence-corrected chi connectivity index (χ2v) is 5.94. The third kappa shape index (κ3) is 5.40. The lowest BCUT2D eigenvalue weighted by Gasteiger charge is -2.32. The molecule has 101 valence electrons. The standard InChI is InChI=1S/C16H30F/c1-4-6-14-8-10-15(11-9-14)13(3)12-16(17)7-5-2/h7,13-16H,4-6,8-12H2,1-3H3/t13?,14-,15-,16?. The summed E-state index contributed by atoms with van der Waals surface area (Å²) in [6, 6.07) is 0. The van der Waals surface area contributed by atoms with Gasteiger partial charge >= 0.3 is 0 Å². The van der Waals surface area contributed by atoms with Crippen molar-refractivity contribution < 1.29 is 4.39 Å². The van der Waals surface area contributed by atoms with E-state index < -0.39 is 6.17 Å². The lowest BCUT2D eigenvalue weighted by Crippen LogP contribution is -2.22. The summed E-state index contributed by atoms with van der Waals surface area (Å²) in [5.74, 6) is 2.31. The van der Waals surface area contributed by atoms with E-state index in [0.717, 1.165) is 24.7 Å². The van der Waals surface area contributed by atoms with Crippen molar-refractivity contribution in [3.8, 4) is 0 Å². The van der Waals surface area contributed by atoms with Gasteiger partial charge in [-0.1, -0.05) is 52.9 Å². The van der Waals surface area contributed by atoms with Crippen molar-refractivity contribution in [2.75, 3.05) is 0 Å². The highest BCUT2D eigenvalue weighted by Crippen LogP contribution is 2.37. The highest BCUT2D eigenvalue weighted by Gasteiger charge is 2.26. The summed E-state index contributed by atoms with van der Waals surface area (Å²) in [6.07, 6.45) is 10.9. The molecule has 1 aliphatic rings. The van der Waals surface area contributed by atoms with Crippen LogP contribution in [0, 0.1) is 24.2 Å². The van der Waals surface area contributed by atoms with Crippen molar-refractivity contribution in [1.29, 1.82) is 0 Å². The smallest absolute Gasteiger partial charge is 0.104 e. The second kappa shape index (κ2) is 8.11. The van der Waals surface area contributed by atoms with Gasteiger partial charge < -0.3 is 0 Å². The number of hydrogen-bond donors (Lipinski definition) is 0. The lowest BCUT2D eigenvalue weighted by atomic mass is 9.74. The molecule has 0 aromatic carbocycles. The predicted octanol–water partition coefficient (Wildman–Crippen LogP) is 5.57. The molecule has 1 fully saturated rings. The summed E-state index contributed by atoms with van der Waals surface area (Å²) in [4.78, 5) is 0. The Morgan fingerprint density at radius 3 is 2.35 bits per heavy atom. The van der Waals surface area contributed by atoms with Crippen LogP contribution in [0.3, 0.4) is 0 Å². The van der Waals surface area contributed by atoms with E-state index in [-0.39, 0.29) is 0 Å². The summed E-state index contributed by atoms with van der Waals surface area (Å²) in [5.41, 5.74) is 0. The second-order valence-electron chi connectivity index (χ2n) is 5.94. The number of alkyl halides is 1. The Hall–Kier alpha value is -0.0700. The van der Waals surface area contributed by atoms with Crippen LogP contribution in [0.25, 0.3) is 0 Å². The molecule has 0 nitrogen and oxygen atoms in total. The summed E-state index contributed by atoms with van der Waals surface area (Å²) >= 11 is 0. The van der Waals surface area contributed by atoms with Crippen molar-refractivity contribution in [3.63, 3.8) is 0 Å². The molecule has 0 aliphatic heterocycles. The van der Waals surface area contributed by atoms with Gasteiger partial charge in [0.05, 0.1) is 0 Å². The minimum Gasteiger partial charge on any atom is -0.247 e. The lowest BCUT2D eigenvalue weighted by molar-refractivity contribution is 0.176. The number of rotatable bonds is 7. The molecule has 0 heterocycles. The largest absolute Gasteiger partial charge is 0.247 e. The van der Waals surface area contributed by atoms with Crippen LogP contribution < -0.4 is 0 Å². The zero-order valence-electron chi connectivity index (χ0n) is 11.9. The van der Waals surface area contributed by atoms with E-state index >= 15 is 0 Å². The maximum Gasteiger partial charge on any atom is 0.104 e. The van der Waals surface area contributed by atoms with Gasteiger partial charge in [0.15, 0.2) is 0 Å². The average molecular weight is 241 g/mol. The van der Waals surface area contributed by atoms with Crippen LogP contribution in [0.2, 0.25) is 0 Å². The van der Waals surface area contributed by atoms with Gasteiger partial charge in [-0.05, 0) is 43.4 Å². The van der Waals surface area contributed by atoms with Crippen LogP contribution in [-0.2, 0) is 0 Å². The van der Waals surface area contributed by atoms with Crippen molar-refractivity contribution in [2.24, 2.45) is 17.8 Å². The molecule has 1 rings (SSSR count). The van der Waals surface area contributed by atoms with Crippen molar-refractivity contribution in [2.45, 2.75) is 78.3 Å². The Labute approximate surface area is 107 Å².